The maximum Gasteiger partial charge on any atom is 0.306 e. The summed E-state index contributed by atoms with van der Waals surface area (Å²) in [4.78, 5) is 12.9. The highest BCUT2D eigenvalue weighted by atomic mass is 16.7. The van der Waals surface area contributed by atoms with Crippen LogP contribution in [0.1, 0.15) is 162 Å². The Hall–Kier alpha value is -1.27. The van der Waals surface area contributed by atoms with Gasteiger partial charge >= 0.3 is 5.97 Å². The van der Waals surface area contributed by atoms with Gasteiger partial charge in [-0.3, -0.25) is 4.79 Å². The van der Waals surface area contributed by atoms with Crippen molar-refractivity contribution >= 4 is 5.97 Å². The number of carbonyl (C=O) groups is 1. The molecule has 11 atom stereocenters. The molecular formula is C44H82O14. The van der Waals surface area contributed by atoms with Crippen LogP contribution >= 0.6 is 0 Å². The highest BCUT2D eigenvalue weighted by Gasteiger charge is 2.47. The standard InChI is InChI=1S/C44H82O14/c1-3-5-7-9-11-13-15-16-18-20-22-24-26-28-53-30-33(56-36(46)27-25-23-21-19-17-14-12-10-8-6-4-2)31-54-43-42(52)40(50)38(48)35(58-43)32-55-44-41(51)39(49)37(47)34(29-45)57-44/h11,13,33-35,37-45,47-52H,3-10,12,14-32H2,1-2H3/b13-11-. The molecule has 2 aliphatic heterocycles. The van der Waals surface area contributed by atoms with Gasteiger partial charge in [-0.1, -0.05) is 129 Å². The molecule has 0 aliphatic carbocycles. The molecule has 11 unspecified atom stereocenters. The predicted octanol–water partition coefficient (Wildman–Crippen LogP) is 5.12. The van der Waals surface area contributed by atoms with E-state index in [9.17, 15) is 40.5 Å². The van der Waals surface area contributed by atoms with Crippen LogP contribution in [0, 0.1) is 0 Å². The second-order valence-electron chi connectivity index (χ2n) is 16.2. The number of aliphatic hydroxyl groups excluding tert-OH is 7. The van der Waals surface area contributed by atoms with E-state index in [4.69, 9.17) is 28.4 Å². The molecule has 0 saturated carbocycles. The van der Waals surface area contributed by atoms with Crippen LogP contribution in [0.3, 0.4) is 0 Å². The van der Waals surface area contributed by atoms with Gasteiger partial charge in [0, 0.05) is 13.0 Å². The van der Waals surface area contributed by atoms with Crippen LogP contribution in [0.2, 0.25) is 0 Å². The summed E-state index contributed by atoms with van der Waals surface area (Å²) in [5.41, 5.74) is 0. The molecule has 2 fully saturated rings. The van der Waals surface area contributed by atoms with Crippen LogP contribution in [0.5, 0.6) is 0 Å². The average molecular weight is 835 g/mol. The van der Waals surface area contributed by atoms with Gasteiger partial charge in [0.2, 0.25) is 0 Å². The van der Waals surface area contributed by atoms with E-state index >= 15 is 0 Å². The van der Waals surface area contributed by atoms with Crippen molar-refractivity contribution in [3.8, 4) is 0 Å². The van der Waals surface area contributed by atoms with E-state index in [0.29, 0.717) is 13.0 Å². The van der Waals surface area contributed by atoms with Crippen molar-refractivity contribution in [1.29, 1.82) is 0 Å². The predicted molar refractivity (Wildman–Crippen MR) is 220 cm³/mol. The molecule has 2 rings (SSSR count). The number of allylic oxidation sites excluding steroid dienone is 2. The summed E-state index contributed by atoms with van der Waals surface area (Å²) in [6.07, 6.45) is 14.2. The van der Waals surface area contributed by atoms with Crippen LogP contribution in [0.25, 0.3) is 0 Å². The van der Waals surface area contributed by atoms with Crippen LogP contribution in [-0.4, -0.2) is 142 Å². The number of rotatable bonds is 35. The Morgan fingerprint density at radius 1 is 0.552 bits per heavy atom. The molecule has 342 valence electrons. The van der Waals surface area contributed by atoms with Gasteiger partial charge < -0.3 is 64.2 Å². The van der Waals surface area contributed by atoms with Gasteiger partial charge in [-0.2, -0.15) is 0 Å². The fraction of sp³-hybridized carbons (Fsp3) is 0.932. The molecule has 0 aromatic rings. The van der Waals surface area contributed by atoms with Gasteiger partial charge in [-0.25, -0.2) is 0 Å². The van der Waals surface area contributed by atoms with E-state index in [-0.39, 0.29) is 25.6 Å². The fourth-order valence-electron chi connectivity index (χ4n) is 7.22. The number of aliphatic hydroxyl groups is 7. The maximum absolute atomic E-state index is 12.9. The number of carbonyl (C=O) groups excluding carboxylic acids is 1. The summed E-state index contributed by atoms with van der Waals surface area (Å²) >= 11 is 0. The summed E-state index contributed by atoms with van der Waals surface area (Å²) in [7, 11) is 0. The van der Waals surface area contributed by atoms with Crippen LogP contribution in [0.15, 0.2) is 12.2 Å². The maximum atomic E-state index is 12.9. The molecule has 0 amide bonds. The third-order valence-electron chi connectivity index (χ3n) is 11.0. The zero-order chi connectivity index (χ0) is 42.4. The summed E-state index contributed by atoms with van der Waals surface area (Å²) < 4.78 is 34.1. The molecule has 0 bridgehead atoms. The molecule has 2 saturated heterocycles. The monoisotopic (exact) mass is 835 g/mol. The second-order valence-corrected chi connectivity index (χ2v) is 16.2. The normalized spacial score (nSPS) is 28.3. The van der Waals surface area contributed by atoms with Crippen LogP contribution < -0.4 is 0 Å². The number of hydrogen-bond donors (Lipinski definition) is 7. The lowest BCUT2D eigenvalue weighted by atomic mass is 9.98. The lowest BCUT2D eigenvalue weighted by Gasteiger charge is -2.42. The van der Waals surface area contributed by atoms with Crippen molar-refractivity contribution in [3.05, 3.63) is 12.2 Å². The third kappa shape index (κ3) is 22.0. The van der Waals surface area contributed by atoms with Crippen LogP contribution in [-0.2, 0) is 33.2 Å². The number of ether oxygens (including phenoxy) is 6. The Labute approximate surface area is 348 Å². The molecule has 0 aromatic heterocycles. The lowest BCUT2D eigenvalue weighted by molar-refractivity contribution is -0.332. The summed E-state index contributed by atoms with van der Waals surface area (Å²) in [6, 6.07) is 0. The smallest absolute Gasteiger partial charge is 0.306 e. The summed E-state index contributed by atoms with van der Waals surface area (Å²) in [5.74, 6) is -0.379. The third-order valence-corrected chi connectivity index (χ3v) is 11.0. The largest absolute Gasteiger partial charge is 0.457 e. The zero-order valence-corrected chi connectivity index (χ0v) is 35.8. The molecule has 0 radical (unpaired) electrons. The Morgan fingerprint density at radius 3 is 1.60 bits per heavy atom. The van der Waals surface area contributed by atoms with Gasteiger partial charge in [0.15, 0.2) is 12.6 Å². The molecule has 0 spiro atoms. The Kier molecular flexibility index (Phi) is 30.4. The molecule has 14 nitrogen and oxygen atoms in total. The second kappa shape index (κ2) is 33.4. The molecule has 0 aromatic carbocycles. The highest BCUT2D eigenvalue weighted by Crippen LogP contribution is 2.26. The molecule has 2 aliphatic rings. The average Bonchev–Trinajstić information content (AvgIpc) is 3.22. The first kappa shape index (κ1) is 52.9. The number of unbranched alkanes of at least 4 members (excludes halogenated alkanes) is 19. The molecule has 2 heterocycles. The molecule has 14 heteroatoms. The van der Waals surface area contributed by atoms with E-state index in [0.717, 1.165) is 44.9 Å². The first-order valence-electron chi connectivity index (χ1n) is 22.8. The van der Waals surface area contributed by atoms with Crippen LogP contribution in [0.4, 0.5) is 0 Å². The minimum absolute atomic E-state index is 0.0617. The highest BCUT2D eigenvalue weighted by molar-refractivity contribution is 5.69. The zero-order valence-electron chi connectivity index (χ0n) is 35.8. The lowest BCUT2D eigenvalue weighted by Crippen LogP contribution is -2.61. The van der Waals surface area contributed by atoms with Crippen molar-refractivity contribution in [3.63, 3.8) is 0 Å². The Balaban J connectivity index is 1.82. The van der Waals surface area contributed by atoms with E-state index in [1.165, 1.54) is 89.9 Å². The van der Waals surface area contributed by atoms with Gasteiger partial charge in [-0.05, 0) is 38.5 Å². The SMILES string of the molecule is CCCCC/C=C\CCCCCCCCOCC(COC1OC(COC2OC(CO)C(O)C(O)C2O)C(O)C(O)C1O)OC(=O)CCCCCCCCCCCCC. The molecular weight excluding hydrogens is 752 g/mol. The van der Waals surface area contributed by atoms with E-state index in [1.54, 1.807) is 0 Å². The number of hydrogen-bond acceptors (Lipinski definition) is 14. The van der Waals surface area contributed by atoms with Crippen molar-refractivity contribution in [2.45, 2.75) is 229 Å². The van der Waals surface area contributed by atoms with Gasteiger partial charge in [0.05, 0.1) is 26.4 Å². The van der Waals surface area contributed by atoms with Gasteiger partial charge in [0.1, 0.15) is 54.9 Å². The quantitative estimate of drug-likeness (QED) is 0.0251. The topological polar surface area (TPSA) is 214 Å². The minimum atomic E-state index is -1.70. The summed E-state index contributed by atoms with van der Waals surface area (Å²) in [5, 5.41) is 71.8. The first-order chi connectivity index (χ1) is 28.1. The van der Waals surface area contributed by atoms with Gasteiger partial charge in [-0.15, -0.1) is 0 Å². The van der Waals surface area contributed by atoms with E-state index in [1.807, 2.05) is 0 Å². The van der Waals surface area contributed by atoms with Crippen molar-refractivity contribution in [2.24, 2.45) is 0 Å². The summed E-state index contributed by atoms with van der Waals surface area (Å²) in [6.45, 7) is 3.64. The van der Waals surface area contributed by atoms with Crippen molar-refractivity contribution in [2.75, 3.05) is 33.0 Å². The van der Waals surface area contributed by atoms with E-state index < -0.39 is 80.7 Å². The van der Waals surface area contributed by atoms with Crippen molar-refractivity contribution in [1.82, 2.24) is 0 Å². The first-order valence-corrected chi connectivity index (χ1v) is 22.8. The van der Waals surface area contributed by atoms with E-state index in [2.05, 4.69) is 26.0 Å². The number of esters is 1. The Bertz CT molecular complexity index is 1020. The minimum Gasteiger partial charge on any atom is -0.457 e. The molecule has 58 heavy (non-hydrogen) atoms. The van der Waals surface area contributed by atoms with Gasteiger partial charge in [0.25, 0.3) is 0 Å². The Morgan fingerprint density at radius 2 is 1.02 bits per heavy atom. The fourth-order valence-corrected chi connectivity index (χ4v) is 7.22. The molecule has 7 N–H and O–H groups in total. The van der Waals surface area contributed by atoms with Crippen molar-refractivity contribution < 1.29 is 69.0 Å².